The number of nitrogens with two attached hydrogens (primary N) is 1. The molecule has 1 heterocycles. The molecule has 0 unspecified atom stereocenters. The van der Waals surface area contributed by atoms with Crippen molar-refractivity contribution in [3.05, 3.63) is 59.4 Å². The molecule has 136 valence electrons. The molecule has 3 rings (SSSR count). The monoisotopic (exact) mass is 401 g/mol. The second-order valence-corrected chi connectivity index (χ2v) is 7.38. The highest BCUT2D eigenvalue weighted by atomic mass is 35.5. The Bertz CT molecular complexity index is 1040. The van der Waals surface area contributed by atoms with Crippen LogP contribution in [0.15, 0.2) is 53.4 Å². The number of primary sulfonamides is 1. The van der Waals surface area contributed by atoms with Gasteiger partial charge < -0.3 is 4.98 Å². The number of imidazole rings is 1. The summed E-state index contributed by atoms with van der Waals surface area (Å²) in [5.41, 5.74) is 0.912. The summed E-state index contributed by atoms with van der Waals surface area (Å²) in [4.78, 5) is 5.77. The van der Waals surface area contributed by atoms with Crippen molar-refractivity contribution in [2.75, 3.05) is 0 Å². The van der Waals surface area contributed by atoms with Crippen LogP contribution >= 0.6 is 11.6 Å². The van der Waals surface area contributed by atoms with Crippen LogP contribution in [0.1, 0.15) is 5.82 Å². The van der Waals surface area contributed by atoms with Gasteiger partial charge in [0.1, 0.15) is 0 Å². The molecule has 0 bridgehead atoms. The summed E-state index contributed by atoms with van der Waals surface area (Å²) in [6, 6.07) is 11.3. The van der Waals surface area contributed by atoms with E-state index in [1.165, 1.54) is 24.3 Å². The van der Waals surface area contributed by atoms with Crippen molar-refractivity contribution in [3.8, 4) is 22.5 Å². The molecule has 2 aromatic carbocycles. The van der Waals surface area contributed by atoms with Crippen molar-refractivity contribution in [2.45, 2.75) is 11.1 Å². The quantitative estimate of drug-likeness (QED) is 0.693. The molecule has 5 nitrogen and oxygen atoms in total. The molecule has 0 aliphatic carbocycles. The number of alkyl halides is 3. The van der Waals surface area contributed by atoms with Crippen LogP contribution in [0.25, 0.3) is 22.5 Å². The van der Waals surface area contributed by atoms with Crippen molar-refractivity contribution in [1.82, 2.24) is 9.97 Å². The Labute approximate surface area is 151 Å². The zero-order chi connectivity index (χ0) is 19.1. The zero-order valence-corrected chi connectivity index (χ0v) is 14.5. The predicted molar refractivity (Wildman–Crippen MR) is 90.8 cm³/mol. The van der Waals surface area contributed by atoms with E-state index in [2.05, 4.69) is 9.97 Å². The van der Waals surface area contributed by atoms with Crippen LogP contribution in [0.2, 0.25) is 5.02 Å². The number of hydrogen-bond acceptors (Lipinski definition) is 3. The van der Waals surface area contributed by atoms with Crippen molar-refractivity contribution in [2.24, 2.45) is 5.14 Å². The molecule has 0 atom stereocenters. The lowest BCUT2D eigenvalue weighted by atomic mass is 10.1. The number of aromatic amines is 1. The highest BCUT2D eigenvalue weighted by molar-refractivity contribution is 7.89. The van der Waals surface area contributed by atoms with Gasteiger partial charge in [-0.25, -0.2) is 18.5 Å². The third-order valence-corrected chi connectivity index (χ3v) is 4.74. The summed E-state index contributed by atoms with van der Waals surface area (Å²) < 4.78 is 61.9. The number of sulfonamides is 1. The number of hydrogen-bond donors (Lipinski definition) is 2. The van der Waals surface area contributed by atoms with E-state index in [-0.39, 0.29) is 16.3 Å². The van der Waals surface area contributed by atoms with Gasteiger partial charge in [-0.3, -0.25) is 0 Å². The van der Waals surface area contributed by atoms with Gasteiger partial charge in [-0.1, -0.05) is 35.9 Å². The minimum absolute atomic E-state index is 0.0283. The first-order valence-electron chi connectivity index (χ1n) is 7.12. The van der Waals surface area contributed by atoms with Crippen LogP contribution in [0.4, 0.5) is 13.2 Å². The van der Waals surface area contributed by atoms with E-state index in [1.807, 2.05) is 0 Å². The SMILES string of the molecule is NS(=O)(=O)c1ccc(-c2nc(C(F)(F)F)[nH]c2-c2ccc(Cl)cc2)cc1. The Morgan fingerprint density at radius 2 is 1.50 bits per heavy atom. The summed E-state index contributed by atoms with van der Waals surface area (Å²) in [6.07, 6.45) is -4.67. The fraction of sp³-hybridized carbons (Fsp3) is 0.0625. The van der Waals surface area contributed by atoms with Crippen LogP contribution in [0.5, 0.6) is 0 Å². The Morgan fingerprint density at radius 1 is 0.962 bits per heavy atom. The van der Waals surface area contributed by atoms with E-state index in [1.54, 1.807) is 24.3 Å². The largest absolute Gasteiger partial charge is 0.449 e. The molecule has 0 spiro atoms. The molecule has 3 N–H and O–H groups in total. The fourth-order valence-electron chi connectivity index (χ4n) is 2.34. The second kappa shape index (κ2) is 6.42. The number of benzene rings is 2. The maximum atomic E-state index is 13.1. The maximum absolute atomic E-state index is 13.1. The molecule has 3 aromatic rings. The Kier molecular flexibility index (Phi) is 4.55. The average Bonchev–Trinajstić information content (AvgIpc) is 3.00. The second-order valence-electron chi connectivity index (χ2n) is 5.38. The van der Waals surface area contributed by atoms with E-state index >= 15 is 0 Å². The lowest BCUT2D eigenvalue weighted by molar-refractivity contribution is -0.144. The normalized spacial score (nSPS) is 12.3. The summed E-state index contributed by atoms with van der Waals surface area (Å²) in [5, 5.41) is 5.46. The average molecular weight is 402 g/mol. The van der Waals surface area contributed by atoms with Crippen molar-refractivity contribution in [3.63, 3.8) is 0 Å². The van der Waals surface area contributed by atoms with E-state index in [4.69, 9.17) is 16.7 Å². The number of halogens is 4. The predicted octanol–water partition coefficient (Wildman–Crippen LogP) is 4.06. The first-order chi connectivity index (χ1) is 12.1. The van der Waals surface area contributed by atoms with Gasteiger partial charge in [-0.2, -0.15) is 13.2 Å². The third kappa shape index (κ3) is 3.74. The lowest BCUT2D eigenvalue weighted by Crippen LogP contribution is -2.11. The van der Waals surface area contributed by atoms with Gasteiger partial charge in [0.15, 0.2) is 0 Å². The molecular weight excluding hydrogens is 391 g/mol. The lowest BCUT2D eigenvalue weighted by Gasteiger charge is -2.05. The fourth-order valence-corrected chi connectivity index (χ4v) is 2.99. The van der Waals surface area contributed by atoms with E-state index < -0.39 is 22.0 Å². The summed E-state index contributed by atoms with van der Waals surface area (Å²) >= 11 is 5.82. The Morgan fingerprint density at radius 3 is 2.00 bits per heavy atom. The van der Waals surface area contributed by atoms with Crippen LogP contribution in [0, 0.1) is 0 Å². The highest BCUT2D eigenvalue weighted by Gasteiger charge is 2.36. The Hall–Kier alpha value is -2.36. The van der Waals surface area contributed by atoms with Gasteiger partial charge in [0.25, 0.3) is 0 Å². The molecular formula is C16H11ClF3N3O2S. The number of aromatic nitrogens is 2. The van der Waals surface area contributed by atoms with Crippen LogP contribution in [0.3, 0.4) is 0 Å². The minimum atomic E-state index is -4.67. The van der Waals surface area contributed by atoms with Crippen molar-refractivity contribution < 1.29 is 21.6 Å². The molecule has 1 aromatic heterocycles. The summed E-state index contributed by atoms with van der Waals surface area (Å²) in [6.45, 7) is 0. The van der Waals surface area contributed by atoms with Crippen LogP contribution in [-0.2, 0) is 16.2 Å². The first kappa shape index (κ1) is 18.4. The van der Waals surface area contributed by atoms with E-state index in [9.17, 15) is 21.6 Å². The molecule has 0 saturated carbocycles. The molecule has 0 saturated heterocycles. The van der Waals surface area contributed by atoms with Gasteiger partial charge in [-0.15, -0.1) is 0 Å². The number of H-pyrrole nitrogens is 1. The number of rotatable bonds is 3. The van der Waals surface area contributed by atoms with E-state index in [0.717, 1.165) is 0 Å². The highest BCUT2D eigenvalue weighted by Crippen LogP contribution is 2.36. The molecule has 0 aliphatic rings. The summed E-state index contributed by atoms with van der Waals surface area (Å²) in [5.74, 6) is -1.16. The van der Waals surface area contributed by atoms with Crippen molar-refractivity contribution in [1.29, 1.82) is 0 Å². The van der Waals surface area contributed by atoms with Gasteiger partial charge in [0.05, 0.1) is 16.3 Å². The van der Waals surface area contributed by atoms with Gasteiger partial charge in [0.2, 0.25) is 15.8 Å². The molecule has 26 heavy (non-hydrogen) atoms. The van der Waals surface area contributed by atoms with Gasteiger partial charge >= 0.3 is 6.18 Å². The maximum Gasteiger partial charge on any atom is 0.449 e. The standard InChI is InChI=1S/C16H11ClF3N3O2S/c17-11-5-1-9(2-6-11)13-14(23-15(22-13)16(18,19)20)10-3-7-12(8-4-10)26(21,24)25/h1-8H,(H,22,23)(H2,21,24,25). The molecule has 0 radical (unpaired) electrons. The third-order valence-electron chi connectivity index (χ3n) is 3.56. The molecule has 0 aliphatic heterocycles. The molecule has 0 fully saturated rings. The Balaban J connectivity index is 2.16. The molecule has 10 heteroatoms. The smallest absolute Gasteiger partial charge is 0.334 e. The molecule has 0 amide bonds. The topological polar surface area (TPSA) is 88.8 Å². The summed E-state index contributed by atoms with van der Waals surface area (Å²) in [7, 11) is -3.91. The van der Waals surface area contributed by atoms with E-state index in [0.29, 0.717) is 16.1 Å². The zero-order valence-electron chi connectivity index (χ0n) is 12.9. The number of nitrogens with one attached hydrogen (secondary N) is 1. The van der Waals surface area contributed by atoms with Crippen LogP contribution < -0.4 is 5.14 Å². The van der Waals surface area contributed by atoms with Gasteiger partial charge in [0, 0.05) is 16.1 Å². The van der Waals surface area contributed by atoms with Gasteiger partial charge in [-0.05, 0) is 24.3 Å². The van der Waals surface area contributed by atoms with Crippen LogP contribution in [-0.4, -0.2) is 18.4 Å². The first-order valence-corrected chi connectivity index (χ1v) is 9.04. The number of nitrogens with zero attached hydrogens (tertiary/aromatic N) is 1. The minimum Gasteiger partial charge on any atom is -0.334 e. The van der Waals surface area contributed by atoms with Crippen molar-refractivity contribution >= 4 is 21.6 Å².